The quantitative estimate of drug-likeness (QED) is 0.935. The van der Waals surface area contributed by atoms with Gasteiger partial charge < -0.3 is 0 Å². The van der Waals surface area contributed by atoms with Crippen LogP contribution < -0.4 is 4.72 Å². The molecule has 2 aromatic rings. The fourth-order valence-corrected chi connectivity index (χ4v) is 4.62. The van der Waals surface area contributed by atoms with Crippen LogP contribution in [0.5, 0.6) is 0 Å². The summed E-state index contributed by atoms with van der Waals surface area (Å²) < 4.78 is 27.3. The lowest BCUT2D eigenvalue weighted by Crippen LogP contribution is -2.22. The van der Waals surface area contributed by atoms with Gasteiger partial charge in [-0.2, -0.15) is 0 Å². The zero-order chi connectivity index (χ0) is 12.3. The summed E-state index contributed by atoms with van der Waals surface area (Å²) in [6.07, 6.45) is 3.28. The lowest BCUT2D eigenvalue weighted by Gasteiger charge is -2.05. The molecule has 0 aliphatic rings. The third-order valence-corrected chi connectivity index (χ3v) is 6.09. The van der Waals surface area contributed by atoms with Crippen molar-refractivity contribution in [2.75, 3.05) is 0 Å². The molecule has 0 amide bonds. The highest BCUT2D eigenvalue weighted by atomic mass is 79.9. The maximum atomic E-state index is 11.9. The molecule has 0 aliphatic carbocycles. The minimum atomic E-state index is -3.45. The molecule has 0 atom stereocenters. The molecule has 17 heavy (non-hydrogen) atoms. The van der Waals surface area contributed by atoms with Gasteiger partial charge in [0.15, 0.2) is 0 Å². The van der Waals surface area contributed by atoms with Gasteiger partial charge in [0.2, 0.25) is 0 Å². The van der Waals surface area contributed by atoms with Crippen molar-refractivity contribution in [2.45, 2.75) is 10.8 Å². The van der Waals surface area contributed by atoms with Gasteiger partial charge in [-0.05, 0) is 39.0 Å². The van der Waals surface area contributed by atoms with Crippen LogP contribution in [0.3, 0.4) is 0 Å². The Bertz CT molecular complexity index is 596. The number of pyridine rings is 1. The van der Waals surface area contributed by atoms with E-state index >= 15 is 0 Å². The molecule has 0 saturated heterocycles. The first kappa shape index (κ1) is 12.7. The highest BCUT2D eigenvalue weighted by Gasteiger charge is 2.18. The molecule has 1 N–H and O–H groups in total. The average molecular weight is 333 g/mol. The normalized spacial score (nSPS) is 11.6. The number of aromatic nitrogens is 1. The molecule has 90 valence electrons. The van der Waals surface area contributed by atoms with Crippen molar-refractivity contribution in [3.05, 3.63) is 46.0 Å². The molecule has 4 nitrogen and oxygen atoms in total. The molecule has 0 bridgehead atoms. The molecular formula is C10H9BrN2O2S2. The van der Waals surface area contributed by atoms with Crippen molar-refractivity contribution < 1.29 is 8.42 Å². The molecule has 0 aliphatic heterocycles. The average Bonchev–Trinajstić information content (AvgIpc) is 2.75. The van der Waals surface area contributed by atoms with Crippen LogP contribution in [-0.2, 0) is 16.6 Å². The fourth-order valence-electron chi connectivity index (χ4n) is 1.22. The van der Waals surface area contributed by atoms with Crippen LogP contribution >= 0.6 is 27.3 Å². The lowest BCUT2D eigenvalue weighted by atomic mass is 10.3. The Hall–Kier alpha value is -0.760. The van der Waals surface area contributed by atoms with E-state index < -0.39 is 10.0 Å². The predicted molar refractivity (Wildman–Crippen MR) is 70.3 cm³/mol. The Kier molecular flexibility index (Phi) is 3.93. The first-order valence-corrected chi connectivity index (χ1v) is 7.87. The summed E-state index contributed by atoms with van der Waals surface area (Å²) in [6, 6.07) is 5.30. The molecule has 2 aromatic heterocycles. The highest BCUT2D eigenvalue weighted by Crippen LogP contribution is 2.27. The van der Waals surface area contributed by atoms with E-state index in [1.165, 1.54) is 11.3 Å². The van der Waals surface area contributed by atoms with Gasteiger partial charge in [0.25, 0.3) is 10.0 Å². The summed E-state index contributed by atoms with van der Waals surface area (Å²) in [5, 5.41) is 1.72. The molecule has 2 heterocycles. The van der Waals surface area contributed by atoms with Crippen LogP contribution in [0.4, 0.5) is 0 Å². The van der Waals surface area contributed by atoms with Gasteiger partial charge >= 0.3 is 0 Å². The third kappa shape index (κ3) is 3.12. The molecule has 2 rings (SSSR count). The van der Waals surface area contributed by atoms with E-state index in [2.05, 4.69) is 25.6 Å². The van der Waals surface area contributed by atoms with Crippen molar-refractivity contribution in [3.8, 4) is 0 Å². The maximum absolute atomic E-state index is 11.9. The second-order valence-electron chi connectivity index (χ2n) is 3.24. The second-order valence-corrected chi connectivity index (χ2v) is 6.97. The molecule has 0 unspecified atom stereocenters. The topological polar surface area (TPSA) is 59.1 Å². The van der Waals surface area contributed by atoms with Crippen LogP contribution in [0.15, 0.2) is 44.7 Å². The fraction of sp³-hybridized carbons (Fsp3) is 0.100. The summed E-state index contributed by atoms with van der Waals surface area (Å²) in [7, 11) is -3.45. The SMILES string of the molecule is O=S(=O)(NCc1cccnc1)c1sccc1Br. The first-order chi connectivity index (χ1) is 8.09. The van der Waals surface area contributed by atoms with Crippen LogP contribution in [-0.4, -0.2) is 13.4 Å². The lowest BCUT2D eigenvalue weighted by molar-refractivity contribution is 0.583. The molecule has 0 spiro atoms. The standard InChI is InChI=1S/C10H9BrN2O2S2/c11-9-3-5-16-10(9)17(14,15)13-7-8-2-1-4-12-6-8/h1-6,13H,7H2. The Balaban J connectivity index is 2.12. The third-order valence-electron chi connectivity index (χ3n) is 2.02. The zero-order valence-electron chi connectivity index (χ0n) is 8.63. The summed E-state index contributed by atoms with van der Waals surface area (Å²) in [4.78, 5) is 3.92. The second kappa shape index (κ2) is 5.26. The van der Waals surface area contributed by atoms with E-state index in [-0.39, 0.29) is 6.54 Å². The minimum Gasteiger partial charge on any atom is -0.264 e. The van der Waals surface area contributed by atoms with Crippen LogP contribution in [0.1, 0.15) is 5.56 Å². The number of hydrogen-bond acceptors (Lipinski definition) is 4. The first-order valence-electron chi connectivity index (χ1n) is 4.71. The number of nitrogens with one attached hydrogen (secondary N) is 1. The predicted octanol–water partition coefficient (Wildman–Crippen LogP) is 2.38. The number of halogens is 1. The van der Waals surface area contributed by atoms with Crippen molar-refractivity contribution in [3.63, 3.8) is 0 Å². The Morgan fingerprint density at radius 2 is 2.24 bits per heavy atom. The van der Waals surface area contributed by atoms with Crippen molar-refractivity contribution in [1.82, 2.24) is 9.71 Å². The van der Waals surface area contributed by atoms with Gasteiger partial charge in [-0.3, -0.25) is 4.98 Å². The van der Waals surface area contributed by atoms with Gasteiger partial charge in [-0.15, -0.1) is 11.3 Å². The number of sulfonamides is 1. The zero-order valence-corrected chi connectivity index (χ0v) is 11.8. The summed E-state index contributed by atoms with van der Waals surface area (Å²) in [6.45, 7) is 0.237. The minimum absolute atomic E-state index is 0.237. The monoisotopic (exact) mass is 332 g/mol. The highest BCUT2D eigenvalue weighted by molar-refractivity contribution is 9.10. The Morgan fingerprint density at radius 1 is 1.41 bits per heavy atom. The van der Waals surface area contributed by atoms with E-state index in [0.717, 1.165) is 5.56 Å². The molecule has 0 aromatic carbocycles. The number of rotatable bonds is 4. The van der Waals surface area contributed by atoms with Crippen LogP contribution in [0.2, 0.25) is 0 Å². The van der Waals surface area contributed by atoms with Crippen molar-refractivity contribution >= 4 is 37.3 Å². The number of nitrogens with zero attached hydrogens (tertiary/aromatic N) is 1. The Morgan fingerprint density at radius 3 is 2.82 bits per heavy atom. The van der Waals surface area contributed by atoms with Gasteiger partial charge in [-0.25, -0.2) is 13.1 Å². The Labute approximate surface area is 112 Å². The van der Waals surface area contributed by atoms with Crippen LogP contribution in [0.25, 0.3) is 0 Å². The smallest absolute Gasteiger partial charge is 0.251 e. The molecular weight excluding hydrogens is 324 g/mol. The van der Waals surface area contributed by atoms with Gasteiger partial charge in [0.1, 0.15) is 4.21 Å². The molecule has 0 radical (unpaired) electrons. The van der Waals surface area contributed by atoms with Gasteiger partial charge in [-0.1, -0.05) is 6.07 Å². The van der Waals surface area contributed by atoms with E-state index in [1.807, 2.05) is 6.07 Å². The number of thiophene rings is 1. The van der Waals surface area contributed by atoms with Crippen molar-refractivity contribution in [2.24, 2.45) is 0 Å². The van der Waals surface area contributed by atoms with Gasteiger partial charge in [0, 0.05) is 23.4 Å². The number of hydrogen-bond donors (Lipinski definition) is 1. The molecule has 0 saturated carbocycles. The van der Waals surface area contributed by atoms with E-state index in [1.54, 1.807) is 29.9 Å². The van der Waals surface area contributed by atoms with E-state index in [9.17, 15) is 8.42 Å². The van der Waals surface area contributed by atoms with Gasteiger partial charge in [0.05, 0.1) is 0 Å². The largest absolute Gasteiger partial charge is 0.264 e. The maximum Gasteiger partial charge on any atom is 0.251 e. The summed E-state index contributed by atoms with van der Waals surface area (Å²) in [5.74, 6) is 0. The van der Waals surface area contributed by atoms with Crippen molar-refractivity contribution in [1.29, 1.82) is 0 Å². The van der Waals surface area contributed by atoms with E-state index in [0.29, 0.717) is 8.68 Å². The molecule has 7 heteroatoms. The van der Waals surface area contributed by atoms with Crippen LogP contribution in [0, 0.1) is 0 Å². The summed E-state index contributed by atoms with van der Waals surface area (Å²) >= 11 is 4.39. The summed E-state index contributed by atoms with van der Waals surface area (Å²) in [5.41, 5.74) is 0.823. The van der Waals surface area contributed by atoms with E-state index in [4.69, 9.17) is 0 Å². The molecule has 0 fully saturated rings.